The second-order valence-corrected chi connectivity index (χ2v) is 5.40. The molecule has 1 atom stereocenters. The smallest absolute Gasteiger partial charge is 0.396 e. The highest BCUT2D eigenvalue weighted by Crippen LogP contribution is 2.36. The first-order valence-electron chi connectivity index (χ1n) is 7.25. The molecule has 1 heterocycles. The molecule has 3 nitrogen and oxygen atoms in total. The Kier molecular flexibility index (Phi) is 5.11. The zero-order valence-electron chi connectivity index (χ0n) is 11.9. The van der Waals surface area contributed by atoms with Crippen molar-refractivity contribution >= 4 is 5.69 Å². The van der Waals surface area contributed by atoms with Crippen molar-refractivity contribution in [2.75, 3.05) is 18.1 Å². The van der Waals surface area contributed by atoms with Crippen LogP contribution in [-0.2, 0) is 12.7 Å². The number of nitrogens with two attached hydrogens (primary N) is 1. The van der Waals surface area contributed by atoms with E-state index in [9.17, 15) is 13.2 Å². The van der Waals surface area contributed by atoms with Gasteiger partial charge < -0.3 is 15.7 Å². The maximum absolute atomic E-state index is 13.1. The van der Waals surface area contributed by atoms with Gasteiger partial charge in [0.2, 0.25) is 0 Å². The van der Waals surface area contributed by atoms with Crippen molar-refractivity contribution in [3.05, 3.63) is 29.3 Å². The van der Waals surface area contributed by atoms with E-state index in [4.69, 9.17) is 10.8 Å². The number of halogens is 3. The minimum absolute atomic E-state index is 0.0498. The number of aliphatic hydroxyl groups is 1. The summed E-state index contributed by atoms with van der Waals surface area (Å²) in [4.78, 5) is 1.98. The summed E-state index contributed by atoms with van der Waals surface area (Å²) in [7, 11) is 0. The topological polar surface area (TPSA) is 49.5 Å². The van der Waals surface area contributed by atoms with Crippen molar-refractivity contribution in [2.45, 2.75) is 44.4 Å². The molecule has 2 rings (SSSR count). The molecule has 0 bridgehead atoms. The fourth-order valence-electron chi connectivity index (χ4n) is 2.97. The Labute approximate surface area is 122 Å². The molecule has 1 aromatic carbocycles. The third-order valence-corrected chi connectivity index (χ3v) is 4.04. The van der Waals surface area contributed by atoms with Crippen molar-refractivity contribution in [1.82, 2.24) is 0 Å². The van der Waals surface area contributed by atoms with Crippen molar-refractivity contribution in [2.24, 2.45) is 5.73 Å². The van der Waals surface area contributed by atoms with Crippen LogP contribution in [0.3, 0.4) is 0 Å². The average Bonchev–Trinajstić information content (AvgIpc) is 2.46. The van der Waals surface area contributed by atoms with Crippen LogP contribution in [0.5, 0.6) is 0 Å². The van der Waals surface area contributed by atoms with Crippen LogP contribution in [0.1, 0.15) is 36.8 Å². The molecule has 0 aromatic heterocycles. The number of alkyl halides is 3. The summed E-state index contributed by atoms with van der Waals surface area (Å²) in [5, 5.41) is 9.13. The van der Waals surface area contributed by atoms with Gasteiger partial charge in [-0.15, -0.1) is 0 Å². The lowest BCUT2D eigenvalue weighted by Gasteiger charge is -2.38. The molecule has 1 fully saturated rings. The van der Waals surface area contributed by atoms with Gasteiger partial charge in [-0.1, -0.05) is 6.07 Å². The summed E-state index contributed by atoms with van der Waals surface area (Å²) in [6, 6.07) is 4.46. The zero-order valence-corrected chi connectivity index (χ0v) is 11.9. The summed E-state index contributed by atoms with van der Waals surface area (Å²) in [5.41, 5.74) is 5.43. The standard InChI is InChI=1S/C15H21F3N2O/c16-15(17,18)14-9-13(5-4-11(14)10-19)20-7-2-1-3-12(20)6-8-21/h4-5,9,12,21H,1-3,6-8,10,19H2. The van der Waals surface area contributed by atoms with Gasteiger partial charge in [0.15, 0.2) is 0 Å². The molecule has 0 amide bonds. The zero-order chi connectivity index (χ0) is 15.5. The number of piperidine rings is 1. The summed E-state index contributed by atoms with van der Waals surface area (Å²) in [6.07, 6.45) is -0.899. The van der Waals surface area contributed by atoms with Crippen LogP contribution >= 0.6 is 0 Å². The molecule has 1 aliphatic heterocycles. The first-order chi connectivity index (χ1) is 9.97. The van der Waals surface area contributed by atoms with Crippen LogP contribution in [0.4, 0.5) is 18.9 Å². The first kappa shape index (κ1) is 16.1. The normalized spacial score (nSPS) is 19.9. The Morgan fingerprint density at radius 1 is 1.29 bits per heavy atom. The molecule has 118 valence electrons. The number of hydrogen-bond donors (Lipinski definition) is 2. The van der Waals surface area contributed by atoms with Gasteiger partial charge in [-0.05, 0) is 43.4 Å². The van der Waals surface area contributed by atoms with Gasteiger partial charge in [0, 0.05) is 31.4 Å². The molecule has 0 saturated carbocycles. The average molecular weight is 302 g/mol. The number of aliphatic hydroxyl groups excluding tert-OH is 1. The van der Waals surface area contributed by atoms with Crippen molar-refractivity contribution in [3.63, 3.8) is 0 Å². The lowest BCUT2D eigenvalue weighted by atomic mass is 9.97. The largest absolute Gasteiger partial charge is 0.416 e. The molecule has 1 aromatic rings. The van der Waals surface area contributed by atoms with E-state index in [0.29, 0.717) is 12.1 Å². The predicted molar refractivity (Wildman–Crippen MR) is 76.0 cm³/mol. The molecule has 0 radical (unpaired) electrons. The van der Waals surface area contributed by atoms with E-state index in [0.717, 1.165) is 25.8 Å². The van der Waals surface area contributed by atoms with E-state index in [1.807, 2.05) is 4.90 Å². The maximum atomic E-state index is 13.1. The van der Waals surface area contributed by atoms with E-state index >= 15 is 0 Å². The van der Waals surface area contributed by atoms with Gasteiger partial charge in [-0.3, -0.25) is 0 Å². The summed E-state index contributed by atoms with van der Waals surface area (Å²) in [6.45, 7) is 0.646. The minimum atomic E-state index is -4.40. The quantitative estimate of drug-likeness (QED) is 0.899. The molecule has 1 saturated heterocycles. The fourth-order valence-corrected chi connectivity index (χ4v) is 2.97. The fraction of sp³-hybridized carbons (Fsp3) is 0.600. The highest BCUT2D eigenvalue weighted by Gasteiger charge is 2.34. The lowest BCUT2D eigenvalue weighted by molar-refractivity contribution is -0.138. The lowest BCUT2D eigenvalue weighted by Crippen LogP contribution is -2.40. The number of nitrogens with zero attached hydrogens (tertiary/aromatic N) is 1. The van der Waals surface area contributed by atoms with Gasteiger partial charge in [-0.25, -0.2) is 0 Å². The van der Waals surface area contributed by atoms with Crippen LogP contribution in [0.25, 0.3) is 0 Å². The van der Waals surface area contributed by atoms with E-state index in [2.05, 4.69) is 0 Å². The number of hydrogen-bond acceptors (Lipinski definition) is 3. The Bertz CT molecular complexity index is 474. The molecule has 1 unspecified atom stereocenters. The van der Waals surface area contributed by atoms with Gasteiger partial charge >= 0.3 is 6.18 Å². The highest BCUT2D eigenvalue weighted by atomic mass is 19.4. The van der Waals surface area contributed by atoms with Gasteiger partial charge in [0.05, 0.1) is 5.56 Å². The van der Waals surface area contributed by atoms with Crippen LogP contribution in [-0.4, -0.2) is 24.3 Å². The van der Waals surface area contributed by atoms with Crippen LogP contribution in [0.2, 0.25) is 0 Å². The van der Waals surface area contributed by atoms with E-state index in [1.54, 1.807) is 6.07 Å². The molecular formula is C15H21F3N2O. The third kappa shape index (κ3) is 3.68. The third-order valence-electron chi connectivity index (χ3n) is 4.04. The Hall–Kier alpha value is -1.27. The number of rotatable bonds is 4. The first-order valence-corrected chi connectivity index (χ1v) is 7.25. The molecule has 3 N–H and O–H groups in total. The summed E-state index contributed by atoms with van der Waals surface area (Å²) >= 11 is 0. The van der Waals surface area contributed by atoms with E-state index in [-0.39, 0.29) is 24.8 Å². The monoisotopic (exact) mass is 302 g/mol. The van der Waals surface area contributed by atoms with Crippen LogP contribution < -0.4 is 10.6 Å². The Balaban J connectivity index is 2.34. The maximum Gasteiger partial charge on any atom is 0.416 e. The predicted octanol–water partition coefficient (Wildman–Crippen LogP) is 2.91. The van der Waals surface area contributed by atoms with Gasteiger partial charge in [0.1, 0.15) is 0 Å². The molecule has 6 heteroatoms. The van der Waals surface area contributed by atoms with E-state index in [1.165, 1.54) is 12.1 Å². The Morgan fingerprint density at radius 2 is 2.05 bits per heavy atom. The minimum Gasteiger partial charge on any atom is -0.396 e. The molecule has 21 heavy (non-hydrogen) atoms. The second kappa shape index (κ2) is 6.66. The molecule has 0 aliphatic carbocycles. The second-order valence-electron chi connectivity index (χ2n) is 5.40. The van der Waals surface area contributed by atoms with Crippen LogP contribution in [0.15, 0.2) is 18.2 Å². The summed E-state index contributed by atoms with van der Waals surface area (Å²) in [5.74, 6) is 0. The van der Waals surface area contributed by atoms with Crippen molar-refractivity contribution < 1.29 is 18.3 Å². The molecule has 1 aliphatic rings. The SMILES string of the molecule is NCc1ccc(N2CCCCC2CCO)cc1C(F)(F)F. The Morgan fingerprint density at radius 3 is 2.67 bits per heavy atom. The van der Waals surface area contributed by atoms with Crippen molar-refractivity contribution in [1.29, 1.82) is 0 Å². The van der Waals surface area contributed by atoms with Crippen LogP contribution in [0, 0.1) is 0 Å². The van der Waals surface area contributed by atoms with E-state index < -0.39 is 11.7 Å². The van der Waals surface area contributed by atoms with Gasteiger partial charge in [0.25, 0.3) is 0 Å². The number of anilines is 1. The summed E-state index contributed by atoms with van der Waals surface area (Å²) < 4.78 is 39.3. The molecular weight excluding hydrogens is 281 g/mol. The van der Waals surface area contributed by atoms with Crippen molar-refractivity contribution in [3.8, 4) is 0 Å². The molecule has 0 spiro atoms. The number of benzene rings is 1. The van der Waals surface area contributed by atoms with Gasteiger partial charge in [-0.2, -0.15) is 13.2 Å². The highest BCUT2D eigenvalue weighted by molar-refractivity contribution is 5.53.